The molecule has 2 N–H and O–H groups in total. The van der Waals surface area contributed by atoms with Crippen molar-refractivity contribution in [2.24, 2.45) is 5.92 Å². The SMILES string of the molecule is OC1CC(CNC2CCN(c3ccncc3)CC2)C1. The molecule has 4 heteroatoms. The number of aliphatic hydroxyl groups excluding tert-OH is 1. The van der Waals surface area contributed by atoms with Crippen molar-refractivity contribution in [2.75, 3.05) is 24.5 Å². The highest BCUT2D eigenvalue weighted by atomic mass is 16.3. The molecule has 0 aromatic carbocycles. The average Bonchev–Trinajstić information content (AvgIpc) is 2.44. The molecule has 19 heavy (non-hydrogen) atoms. The number of nitrogens with zero attached hydrogens (tertiary/aromatic N) is 2. The van der Waals surface area contributed by atoms with Gasteiger partial charge in [-0.05, 0) is 50.3 Å². The number of piperidine rings is 1. The summed E-state index contributed by atoms with van der Waals surface area (Å²) in [6.07, 6.45) is 8.09. The van der Waals surface area contributed by atoms with Gasteiger partial charge >= 0.3 is 0 Å². The second-order valence-electron chi connectivity index (χ2n) is 5.87. The number of pyridine rings is 1. The van der Waals surface area contributed by atoms with Gasteiger partial charge in [-0.3, -0.25) is 4.98 Å². The molecular formula is C15H23N3O. The molecule has 2 heterocycles. The van der Waals surface area contributed by atoms with Gasteiger partial charge in [-0.25, -0.2) is 0 Å². The molecule has 1 aliphatic heterocycles. The minimum atomic E-state index is -0.0275. The molecule has 1 aliphatic carbocycles. The number of nitrogens with one attached hydrogen (secondary N) is 1. The molecule has 104 valence electrons. The van der Waals surface area contributed by atoms with E-state index in [-0.39, 0.29) is 6.10 Å². The zero-order valence-electron chi connectivity index (χ0n) is 11.3. The number of hydrogen-bond acceptors (Lipinski definition) is 4. The molecule has 0 atom stereocenters. The molecule has 1 aromatic heterocycles. The molecule has 4 nitrogen and oxygen atoms in total. The molecule has 0 radical (unpaired) electrons. The first kappa shape index (κ1) is 12.9. The number of anilines is 1. The molecule has 0 spiro atoms. The second kappa shape index (κ2) is 5.88. The van der Waals surface area contributed by atoms with Crippen LogP contribution in [0.3, 0.4) is 0 Å². The summed E-state index contributed by atoms with van der Waals surface area (Å²) in [5.41, 5.74) is 1.29. The standard InChI is InChI=1S/C15H23N3O/c19-15-9-12(10-15)11-17-13-3-7-18(8-4-13)14-1-5-16-6-2-14/h1-2,5-6,12-13,15,17,19H,3-4,7-11H2. The lowest BCUT2D eigenvalue weighted by molar-refractivity contribution is 0.0415. The van der Waals surface area contributed by atoms with Gasteiger partial charge in [-0.1, -0.05) is 0 Å². The van der Waals surface area contributed by atoms with Crippen molar-refractivity contribution in [1.82, 2.24) is 10.3 Å². The van der Waals surface area contributed by atoms with Crippen molar-refractivity contribution in [2.45, 2.75) is 37.8 Å². The largest absolute Gasteiger partial charge is 0.393 e. The van der Waals surface area contributed by atoms with Crippen LogP contribution in [-0.4, -0.2) is 41.9 Å². The van der Waals surface area contributed by atoms with Crippen LogP contribution in [0.15, 0.2) is 24.5 Å². The first-order valence-corrected chi connectivity index (χ1v) is 7.37. The van der Waals surface area contributed by atoms with E-state index in [1.807, 2.05) is 12.4 Å². The summed E-state index contributed by atoms with van der Waals surface area (Å²) in [5.74, 6) is 0.702. The summed E-state index contributed by atoms with van der Waals surface area (Å²) in [6.45, 7) is 3.32. The van der Waals surface area contributed by atoms with Crippen LogP contribution in [0.4, 0.5) is 5.69 Å². The van der Waals surface area contributed by atoms with E-state index < -0.39 is 0 Å². The maximum atomic E-state index is 9.28. The van der Waals surface area contributed by atoms with Gasteiger partial charge < -0.3 is 15.3 Å². The third-order valence-corrected chi connectivity index (χ3v) is 4.43. The van der Waals surface area contributed by atoms with Gasteiger partial charge in [0.1, 0.15) is 0 Å². The van der Waals surface area contributed by atoms with Gasteiger partial charge in [-0.15, -0.1) is 0 Å². The van der Waals surface area contributed by atoms with Gasteiger partial charge in [0.25, 0.3) is 0 Å². The maximum Gasteiger partial charge on any atom is 0.0546 e. The van der Waals surface area contributed by atoms with Gasteiger partial charge in [0.15, 0.2) is 0 Å². The molecule has 2 fully saturated rings. The zero-order chi connectivity index (χ0) is 13.1. The Labute approximate surface area is 114 Å². The maximum absolute atomic E-state index is 9.28. The quantitative estimate of drug-likeness (QED) is 0.860. The first-order chi connectivity index (χ1) is 9.31. The van der Waals surface area contributed by atoms with Crippen molar-refractivity contribution in [3.05, 3.63) is 24.5 Å². The lowest BCUT2D eigenvalue weighted by Gasteiger charge is -2.37. The van der Waals surface area contributed by atoms with E-state index in [0.29, 0.717) is 12.0 Å². The number of aliphatic hydroxyl groups is 1. The van der Waals surface area contributed by atoms with Crippen LogP contribution in [0.5, 0.6) is 0 Å². The monoisotopic (exact) mass is 261 g/mol. The highest BCUT2D eigenvalue weighted by Crippen LogP contribution is 2.27. The Morgan fingerprint density at radius 2 is 1.89 bits per heavy atom. The summed E-state index contributed by atoms with van der Waals surface area (Å²) in [4.78, 5) is 6.50. The lowest BCUT2D eigenvalue weighted by atomic mass is 9.82. The summed E-state index contributed by atoms with van der Waals surface area (Å²) in [6, 6.07) is 4.82. The first-order valence-electron chi connectivity index (χ1n) is 7.37. The Morgan fingerprint density at radius 3 is 2.53 bits per heavy atom. The molecule has 0 bridgehead atoms. The van der Waals surface area contributed by atoms with Crippen molar-refractivity contribution < 1.29 is 5.11 Å². The Bertz CT molecular complexity index is 384. The van der Waals surface area contributed by atoms with E-state index in [4.69, 9.17) is 0 Å². The molecule has 1 saturated heterocycles. The van der Waals surface area contributed by atoms with Crippen LogP contribution in [0.1, 0.15) is 25.7 Å². The predicted molar refractivity (Wildman–Crippen MR) is 76.2 cm³/mol. The third-order valence-electron chi connectivity index (χ3n) is 4.43. The zero-order valence-corrected chi connectivity index (χ0v) is 11.3. The van der Waals surface area contributed by atoms with Crippen molar-refractivity contribution in [1.29, 1.82) is 0 Å². The van der Waals surface area contributed by atoms with E-state index in [2.05, 4.69) is 27.3 Å². The number of aromatic nitrogens is 1. The van der Waals surface area contributed by atoms with Crippen LogP contribution in [0.25, 0.3) is 0 Å². The van der Waals surface area contributed by atoms with Gasteiger partial charge in [0, 0.05) is 37.2 Å². The second-order valence-corrected chi connectivity index (χ2v) is 5.87. The van der Waals surface area contributed by atoms with E-state index in [9.17, 15) is 5.11 Å². The van der Waals surface area contributed by atoms with Crippen LogP contribution in [-0.2, 0) is 0 Å². The van der Waals surface area contributed by atoms with E-state index in [1.54, 1.807) is 0 Å². The average molecular weight is 261 g/mol. The van der Waals surface area contributed by atoms with Crippen molar-refractivity contribution in [3.63, 3.8) is 0 Å². The van der Waals surface area contributed by atoms with E-state index >= 15 is 0 Å². The van der Waals surface area contributed by atoms with Crippen LogP contribution in [0, 0.1) is 5.92 Å². The van der Waals surface area contributed by atoms with Crippen LogP contribution >= 0.6 is 0 Å². The molecule has 0 amide bonds. The molecule has 1 aromatic rings. The van der Waals surface area contributed by atoms with Gasteiger partial charge in [0.2, 0.25) is 0 Å². The lowest BCUT2D eigenvalue weighted by Crippen LogP contribution is -2.46. The molecular weight excluding hydrogens is 238 g/mol. The molecule has 1 saturated carbocycles. The van der Waals surface area contributed by atoms with Gasteiger partial charge in [0.05, 0.1) is 6.10 Å². The smallest absolute Gasteiger partial charge is 0.0546 e. The van der Waals surface area contributed by atoms with E-state index in [0.717, 1.165) is 32.5 Å². The molecule has 2 aliphatic rings. The van der Waals surface area contributed by atoms with E-state index in [1.165, 1.54) is 18.5 Å². The third kappa shape index (κ3) is 3.25. The minimum absolute atomic E-state index is 0.0275. The molecule has 3 rings (SSSR count). The van der Waals surface area contributed by atoms with Crippen LogP contribution in [0.2, 0.25) is 0 Å². The fraction of sp³-hybridized carbons (Fsp3) is 0.667. The molecule has 0 unspecified atom stereocenters. The highest BCUT2D eigenvalue weighted by molar-refractivity contribution is 5.44. The Kier molecular flexibility index (Phi) is 3.99. The van der Waals surface area contributed by atoms with Crippen molar-refractivity contribution >= 4 is 5.69 Å². The Hall–Kier alpha value is -1.13. The summed E-state index contributed by atoms with van der Waals surface area (Å²) >= 11 is 0. The van der Waals surface area contributed by atoms with Crippen molar-refractivity contribution in [3.8, 4) is 0 Å². The highest BCUT2D eigenvalue weighted by Gasteiger charge is 2.28. The predicted octanol–water partition coefficient (Wildman–Crippen LogP) is 1.41. The minimum Gasteiger partial charge on any atom is -0.393 e. The topological polar surface area (TPSA) is 48.4 Å². The Balaban J connectivity index is 1.40. The summed E-state index contributed by atoms with van der Waals surface area (Å²) < 4.78 is 0. The summed E-state index contributed by atoms with van der Waals surface area (Å²) in [5, 5.41) is 12.9. The number of rotatable bonds is 4. The Morgan fingerprint density at radius 1 is 1.21 bits per heavy atom. The fourth-order valence-corrected chi connectivity index (χ4v) is 3.10. The normalized spacial score (nSPS) is 28.2. The summed E-state index contributed by atoms with van der Waals surface area (Å²) in [7, 11) is 0. The fourth-order valence-electron chi connectivity index (χ4n) is 3.10. The van der Waals surface area contributed by atoms with Crippen LogP contribution < -0.4 is 10.2 Å². The van der Waals surface area contributed by atoms with Gasteiger partial charge in [-0.2, -0.15) is 0 Å². The number of hydrogen-bond donors (Lipinski definition) is 2.